The molecule has 0 saturated carbocycles. The lowest BCUT2D eigenvalue weighted by Gasteiger charge is -2.46. The van der Waals surface area contributed by atoms with Crippen LogP contribution in [0, 0.1) is 11.3 Å². The zero-order valence-electron chi connectivity index (χ0n) is 40.0. The first-order chi connectivity index (χ1) is 34.0. The summed E-state index contributed by atoms with van der Waals surface area (Å²) in [4.78, 5) is 7.38. The van der Waals surface area contributed by atoms with Crippen molar-refractivity contribution in [3.05, 3.63) is 199 Å². The summed E-state index contributed by atoms with van der Waals surface area (Å²) >= 11 is 1.84. The first kappa shape index (κ1) is 41.0. The van der Waals surface area contributed by atoms with Crippen LogP contribution in [-0.2, 0) is 10.8 Å². The van der Waals surface area contributed by atoms with Gasteiger partial charge in [-0.3, -0.25) is 0 Å². The summed E-state index contributed by atoms with van der Waals surface area (Å²) in [6.07, 6.45) is 0. The molecule has 3 aliphatic heterocycles. The van der Waals surface area contributed by atoms with Gasteiger partial charge >= 0.3 is 0 Å². The van der Waals surface area contributed by atoms with Gasteiger partial charge in [-0.05, 0) is 117 Å². The Hall–Kier alpha value is -8.05. The van der Waals surface area contributed by atoms with E-state index in [-0.39, 0.29) is 17.5 Å². The second kappa shape index (κ2) is 14.5. The molecular formula is C63H48BN5S. The molecule has 0 aliphatic carbocycles. The van der Waals surface area contributed by atoms with Crippen LogP contribution in [0.1, 0.15) is 58.2 Å². The SMILES string of the molecule is CC(C)(C)c1ccc(N(c2ccc(C(C)(C)C)cc2)c2ccc3c(c2)N(c2cccc4c2sc2ccccc24)c2cc(C#N)cc4c2B3c2cccc3c2N4c2cccc4c5ccccc5n-3c24)cc1. The Balaban J connectivity index is 1.08. The van der Waals surface area contributed by atoms with Gasteiger partial charge in [0.25, 0.3) is 6.71 Å². The fourth-order valence-corrected chi connectivity index (χ4v) is 13.1. The van der Waals surface area contributed by atoms with Crippen LogP contribution in [0.25, 0.3) is 47.7 Å². The number of rotatable bonds is 4. The van der Waals surface area contributed by atoms with Crippen LogP contribution in [-0.4, -0.2) is 11.3 Å². The van der Waals surface area contributed by atoms with E-state index in [1.807, 2.05) is 11.3 Å². The van der Waals surface area contributed by atoms with Crippen LogP contribution >= 0.6 is 11.3 Å². The second-order valence-corrected chi connectivity index (χ2v) is 22.4. The Labute approximate surface area is 412 Å². The second-order valence-electron chi connectivity index (χ2n) is 21.3. The van der Waals surface area contributed by atoms with E-state index < -0.39 is 0 Å². The third kappa shape index (κ3) is 5.71. The van der Waals surface area contributed by atoms with Crippen LogP contribution in [0.15, 0.2) is 182 Å². The molecule has 0 spiro atoms. The molecular weight excluding hydrogens is 870 g/mol. The highest BCUT2D eigenvalue weighted by molar-refractivity contribution is 7.26. The third-order valence-electron chi connectivity index (χ3n) is 15.2. The molecule has 5 nitrogen and oxygen atoms in total. The van der Waals surface area contributed by atoms with Crippen LogP contribution in [0.3, 0.4) is 0 Å². The van der Waals surface area contributed by atoms with E-state index in [0.29, 0.717) is 5.56 Å². The van der Waals surface area contributed by atoms with Gasteiger partial charge < -0.3 is 19.3 Å². The number of nitrogens with zero attached hydrogens (tertiary/aromatic N) is 5. The normalized spacial score (nSPS) is 13.5. The molecule has 0 atom stereocenters. The van der Waals surface area contributed by atoms with Gasteiger partial charge in [0.1, 0.15) is 0 Å². The summed E-state index contributed by atoms with van der Waals surface area (Å²) in [5.74, 6) is 0. The molecule has 0 bridgehead atoms. The fraction of sp³-hybridized carbons (Fsp3) is 0.127. The quantitative estimate of drug-likeness (QED) is 0.165. The van der Waals surface area contributed by atoms with E-state index in [4.69, 9.17) is 0 Å². The average Bonchev–Trinajstić information content (AvgIpc) is 3.93. The smallest absolute Gasteiger partial charge is 0.252 e. The zero-order valence-corrected chi connectivity index (χ0v) is 40.9. The number of fused-ring (bicyclic) bond motifs is 12. The molecule has 0 radical (unpaired) electrons. The van der Waals surface area contributed by atoms with Gasteiger partial charge in [-0.2, -0.15) is 5.26 Å². The van der Waals surface area contributed by atoms with E-state index in [9.17, 15) is 5.26 Å². The number of nitriles is 1. The number of benzene rings is 9. The van der Waals surface area contributed by atoms with Crippen molar-refractivity contribution in [3.8, 4) is 11.8 Å². The zero-order chi connectivity index (χ0) is 47.4. The maximum Gasteiger partial charge on any atom is 0.252 e. The van der Waals surface area contributed by atoms with Crippen LogP contribution in [0.2, 0.25) is 0 Å². The van der Waals surface area contributed by atoms with Crippen molar-refractivity contribution >= 4 is 128 Å². The summed E-state index contributed by atoms with van der Waals surface area (Å²) in [6, 6.07) is 70.2. The van der Waals surface area contributed by atoms with E-state index >= 15 is 0 Å². The van der Waals surface area contributed by atoms with Crippen LogP contribution < -0.4 is 31.1 Å². The summed E-state index contributed by atoms with van der Waals surface area (Å²) in [7, 11) is 0. The molecule has 70 heavy (non-hydrogen) atoms. The van der Waals surface area contributed by atoms with Crippen molar-refractivity contribution in [1.29, 1.82) is 5.26 Å². The first-order valence-electron chi connectivity index (χ1n) is 24.4. The van der Waals surface area contributed by atoms with Crippen molar-refractivity contribution < 1.29 is 0 Å². The van der Waals surface area contributed by atoms with Crippen molar-refractivity contribution in [2.45, 2.75) is 52.4 Å². The summed E-state index contributed by atoms with van der Waals surface area (Å²) in [5.41, 5.74) is 20.2. The predicted octanol–water partition coefficient (Wildman–Crippen LogP) is 15.5. The number of para-hydroxylation sites is 3. The minimum absolute atomic E-state index is 0.0148. The lowest BCUT2D eigenvalue weighted by Crippen LogP contribution is -2.61. The molecule has 14 rings (SSSR count). The minimum atomic E-state index is -0.126. The monoisotopic (exact) mass is 917 g/mol. The van der Waals surface area contributed by atoms with Gasteiger partial charge in [-0.15, -0.1) is 11.3 Å². The lowest BCUT2D eigenvalue weighted by atomic mass is 9.33. The number of aromatic nitrogens is 1. The van der Waals surface area contributed by atoms with Gasteiger partial charge in [0, 0.05) is 60.4 Å². The number of hydrogen-bond donors (Lipinski definition) is 0. The van der Waals surface area contributed by atoms with Gasteiger partial charge in [0.05, 0.1) is 50.1 Å². The highest BCUT2D eigenvalue weighted by Gasteiger charge is 2.46. The minimum Gasteiger partial charge on any atom is -0.310 e. The molecule has 334 valence electrons. The van der Waals surface area contributed by atoms with Crippen LogP contribution in [0.5, 0.6) is 0 Å². The number of thiophene rings is 1. The predicted molar refractivity (Wildman–Crippen MR) is 298 cm³/mol. The topological polar surface area (TPSA) is 38.4 Å². The Morgan fingerprint density at radius 3 is 1.77 bits per heavy atom. The average molecular weight is 918 g/mol. The molecule has 0 N–H and O–H groups in total. The van der Waals surface area contributed by atoms with E-state index in [1.165, 1.54) is 69.5 Å². The van der Waals surface area contributed by atoms with Crippen molar-refractivity contribution in [1.82, 2.24) is 4.57 Å². The molecule has 5 heterocycles. The van der Waals surface area contributed by atoms with E-state index in [1.54, 1.807) is 0 Å². The highest BCUT2D eigenvalue weighted by Crippen LogP contribution is 2.54. The molecule has 9 aromatic carbocycles. The number of hydrogen-bond acceptors (Lipinski definition) is 5. The van der Waals surface area contributed by atoms with Gasteiger partial charge in [0.15, 0.2) is 0 Å². The summed E-state index contributed by atoms with van der Waals surface area (Å²) in [6.45, 7) is 13.5. The lowest BCUT2D eigenvalue weighted by molar-refractivity contribution is 0.590. The molecule has 2 aromatic heterocycles. The van der Waals surface area contributed by atoms with Gasteiger partial charge in [0.2, 0.25) is 0 Å². The largest absolute Gasteiger partial charge is 0.310 e. The van der Waals surface area contributed by atoms with E-state index in [2.05, 4.69) is 249 Å². The number of anilines is 9. The maximum absolute atomic E-state index is 11.1. The first-order valence-corrected chi connectivity index (χ1v) is 25.2. The standard InChI is InChI=1S/C63H48BN5S/c1-62(2,3)39-24-28-41(29-25-39)66(42-30-26-40(27-31-42)63(4,5)6)43-32-33-48-54(36-43)67(53-22-12-17-47-45-15-8-10-23-57(45)70-61(47)53)55-34-38(37-65)35-56-58(55)64(48)49-18-13-21-52-60(49)69(56)51-20-11-16-46-44-14-7-9-19-50(44)68(52)59(46)51/h7-36H,1-6H3. The fourth-order valence-electron chi connectivity index (χ4n) is 11.9. The third-order valence-corrected chi connectivity index (χ3v) is 16.4. The van der Waals surface area contributed by atoms with Crippen LogP contribution in [0.4, 0.5) is 51.2 Å². The highest BCUT2D eigenvalue weighted by atomic mass is 32.1. The molecule has 11 aromatic rings. The molecule has 7 heteroatoms. The molecule has 0 amide bonds. The van der Waals surface area contributed by atoms with Crippen molar-refractivity contribution in [2.75, 3.05) is 14.7 Å². The summed E-state index contributed by atoms with van der Waals surface area (Å²) in [5, 5.41) is 16.0. The summed E-state index contributed by atoms with van der Waals surface area (Å²) < 4.78 is 4.95. The Morgan fingerprint density at radius 1 is 0.486 bits per heavy atom. The molecule has 0 fully saturated rings. The molecule has 0 saturated heterocycles. The molecule has 0 unspecified atom stereocenters. The van der Waals surface area contributed by atoms with E-state index in [0.717, 1.165) is 56.9 Å². The van der Waals surface area contributed by atoms with Crippen molar-refractivity contribution in [2.24, 2.45) is 0 Å². The molecule has 3 aliphatic rings. The van der Waals surface area contributed by atoms with Gasteiger partial charge in [-0.1, -0.05) is 145 Å². The van der Waals surface area contributed by atoms with Gasteiger partial charge in [-0.25, -0.2) is 0 Å². The van der Waals surface area contributed by atoms with Crippen molar-refractivity contribution in [3.63, 3.8) is 0 Å². The Morgan fingerprint density at radius 2 is 1.07 bits per heavy atom. The Kier molecular flexibility index (Phi) is 8.48. The maximum atomic E-state index is 11.1. The Bertz CT molecular complexity index is 4010.